The van der Waals surface area contributed by atoms with Crippen LogP contribution in [0.15, 0.2) is 0 Å². The highest BCUT2D eigenvalue weighted by molar-refractivity contribution is 5.19. The third kappa shape index (κ3) is 1.37. The summed E-state index contributed by atoms with van der Waals surface area (Å²) in [6.45, 7) is 9.65. The van der Waals surface area contributed by atoms with E-state index in [2.05, 4.69) is 35.6 Å². The van der Waals surface area contributed by atoms with E-state index in [1.54, 1.807) is 0 Å². The summed E-state index contributed by atoms with van der Waals surface area (Å²) >= 11 is 0. The Hall–Kier alpha value is -0.830. The fraction of sp³-hybridized carbons (Fsp3) is 0.700. The predicted molar refractivity (Wildman–Crippen MR) is 52.8 cm³/mol. The van der Waals surface area contributed by atoms with Crippen LogP contribution < -0.4 is 5.32 Å². The van der Waals surface area contributed by atoms with Crippen LogP contribution in [0.25, 0.3) is 0 Å². The Morgan fingerprint density at radius 1 is 1.46 bits per heavy atom. The molecule has 3 heteroatoms. The van der Waals surface area contributed by atoms with Crippen molar-refractivity contribution in [3.05, 3.63) is 17.2 Å². The van der Waals surface area contributed by atoms with E-state index < -0.39 is 0 Å². The van der Waals surface area contributed by atoms with Gasteiger partial charge in [-0.25, -0.2) is 4.98 Å². The van der Waals surface area contributed by atoms with Gasteiger partial charge in [0.15, 0.2) is 0 Å². The van der Waals surface area contributed by atoms with Crippen molar-refractivity contribution in [2.75, 3.05) is 6.54 Å². The number of nitrogens with zero attached hydrogens (tertiary/aromatic N) is 2. The summed E-state index contributed by atoms with van der Waals surface area (Å²) < 4.78 is 2.34. The lowest BCUT2D eigenvalue weighted by Crippen LogP contribution is -2.28. The largest absolute Gasteiger partial charge is 0.330 e. The second-order valence-corrected chi connectivity index (χ2v) is 3.98. The molecule has 0 atom stereocenters. The molecule has 0 unspecified atom stereocenters. The number of hydrogen-bond acceptors (Lipinski definition) is 2. The third-order valence-corrected chi connectivity index (χ3v) is 2.68. The Labute approximate surface area is 79.2 Å². The smallest absolute Gasteiger partial charge is 0.123 e. The molecule has 0 amide bonds. The Morgan fingerprint density at radius 3 is 2.85 bits per heavy atom. The zero-order valence-corrected chi connectivity index (χ0v) is 8.59. The van der Waals surface area contributed by atoms with Crippen molar-refractivity contribution in [1.29, 1.82) is 0 Å². The highest BCUT2D eigenvalue weighted by Gasteiger charge is 2.17. The summed E-state index contributed by atoms with van der Waals surface area (Å²) in [5.41, 5.74) is 2.62. The molecule has 0 saturated heterocycles. The van der Waals surface area contributed by atoms with E-state index in [4.69, 9.17) is 0 Å². The minimum absolute atomic E-state index is 0.540. The zero-order valence-electron chi connectivity index (χ0n) is 8.59. The average molecular weight is 179 g/mol. The summed E-state index contributed by atoms with van der Waals surface area (Å²) in [5, 5.41) is 3.34. The van der Waals surface area contributed by atoms with Crippen molar-refractivity contribution in [3.8, 4) is 0 Å². The molecule has 1 aromatic heterocycles. The lowest BCUT2D eigenvalue weighted by molar-refractivity contribution is 0.499. The molecule has 1 aliphatic heterocycles. The normalized spacial score (nSPS) is 16.3. The van der Waals surface area contributed by atoms with Crippen molar-refractivity contribution < 1.29 is 0 Å². The standard InChI is InChI=1S/C10H17N3/c1-7(2)10-8(3)13-5-4-11-6-9(13)12-10/h7,11H,4-6H2,1-3H3. The maximum absolute atomic E-state index is 4.65. The van der Waals surface area contributed by atoms with Gasteiger partial charge in [-0.15, -0.1) is 0 Å². The molecule has 0 spiro atoms. The Morgan fingerprint density at radius 2 is 2.23 bits per heavy atom. The monoisotopic (exact) mass is 179 g/mol. The summed E-state index contributed by atoms with van der Waals surface area (Å²) in [6, 6.07) is 0. The SMILES string of the molecule is Cc1c(C(C)C)nc2n1CCNC2. The molecule has 0 aliphatic carbocycles. The predicted octanol–water partition coefficient (Wildman–Crippen LogP) is 1.42. The van der Waals surface area contributed by atoms with Gasteiger partial charge in [-0.3, -0.25) is 0 Å². The average Bonchev–Trinajstić information content (AvgIpc) is 2.45. The second-order valence-electron chi connectivity index (χ2n) is 3.98. The van der Waals surface area contributed by atoms with E-state index >= 15 is 0 Å². The van der Waals surface area contributed by atoms with Crippen LogP contribution in [0.2, 0.25) is 0 Å². The lowest BCUT2D eigenvalue weighted by Gasteiger charge is -2.16. The Kier molecular flexibility index (Phi) is 2.12. The second kappa shape index (κ2) is 3.14. The van der Waals surface area contributed by atoms with Gasteiger partial charge < -0.3 is 9.88 Å². The number of fused-ring (bicyclic) bond motifs is 1. The number of rotatable bonds is 1. The molecular formula is C10H17N3. The van der Waals surface area contributed by atoms with Crippen LogP contribution in [0.1, 0.15) is 37.0 Å². The maximum Gasteiger partial charge on any atom is 0.123 e. The van der Waals surface area contributed by atoms with Gasteiger partial charge in [0.1, 0.15) is 5.82 Å². The van der Waals surface area contributed by atoms with Crippen LogP contribution >= 0.6 is 0 Å². The van der Waals surface area contributed by atoms with Crippen LogP contribution in [0, 0.1) is 6.92 Å². The molecule has 2 rings (SSSR count). The van der Waals surface area contributed by atoms with Crippen LogP contribution in [-0.2, 0) is 13.1 Å². The molecule has 1 aromatic rings. The van der Waals surface area contributed by atoms with Crippen LogP contribution in [0.5, 0.6) is 0 Å². The molecule has 0 radical (unpaired) electrons. The molecule has 0 fully saturated rings. The molecular weight excluding hydrogens is 162 g/mol. The summed E-state index contributed by atoms with van der Waals surface area (Å²) in [5.74, 6) is 1.74. The first-order valence-electron chi connectivity index (χ1n) is 4.96. The van der Waals surface area contributed by atoms with Gasteiger partial charge in [-0.1, -0.05) is 13.8 Å². The number of aromatic nitrogens is 2. The Bertz CT molecular complexity index is 312. The van der Waals surface area contributed by atoms with E-state index in [1.807, 2.05) is 0 Å². The van der Waals surface area contributed by atoms with Gasteiger partial charge in [0.25, 0.3) is 0 Å². The molecule has 0 aromatic carbocycles. The highest BCUT2D eigenvalue weighted by Crippen LogP contribution is 2.20. The number of imidazole rings is 1. The van der Waals surface area contributed by atoms with E-state index in [0.717, 1.165) is 19.6 Å². The van der Waals surface area contributed by atoms with Crippen LogP contribution in [0.3, 0.4) is 0 Å². The maximum atomic E-state index is 4.65. The van der Waals surface area contributed by atoms with Gasteiger partial charge in [0, 0.05) is 18.8 Å². The molecule has 2 heterocycles. The summed E-state index contributed by atoms with van der Waals surface area (Å²) in [6.07, 6.45) is 0. The van der Waals surface area contributed by atoms with Crippen molar-refractivity contribution in [2.45, 2.75) is 39.8 Å². The third-order valence-electron chi connectivity index (χ3n) is 2.68. The summed E-state index contributed by atoms with van der Waals surface area (Å²) in [7, 11) is 0. The van der Waals surface area contributed by atoms with E-state index in [1.165, 1.54) is 17.2 Å². The van der Waals surface area contributed by atoms with Gasteiger partial charge in [0.2, 0.25) is 0 Å². The van der Waals surface area contributed by atoms with Crippen LogP contribution in [-0.4, -0.2) is 16.1 Å². The number of nitrogens with one attached hydrogen (secondary N) is 1. The molecule has 13 heavy (non-hydrogen) atoms. The number of hydrogen-bond donors (Lipinski definition) is 1. The molecule has 0 bridgehead atoms. The van der Waals surface area contributed by atoms with E-state index in [0.29, 0.717) is 5.92 Å². The van der Waals surface area contributed by atoms with Crippen molar-refractivity contribution in [2.24, 2.45) is 0 Å². The summed E-state index contributed by atoms with van der Waals surface area (Å²) in [4.78, 5) is 4.65. The Balaban J connectivity index is 2.44. The fourth-order valence-electron chi connectivity index (χ4n) is 1.98. The van der Waals surface area contributed by atoms with Gasteiger partial charge >= 0.3 is 0 Å². The van der Waals surface area contributed by atoms with Gasteiger partial charge in [-0.05, 0) is 12.8 Å². The minimum atomic E-state index is 0.540. The van der Waals surface area contributed by atoms with Crippen LogP contribution in [0.4, 0.5) is 0 Å². The van der Waals surface area contributed by atoms with Crippen molar-refractivity contribution in [1.82, 2.24) is 14.9 Å². The topological polar surface area (TPSA) is 29.9 Å². The van der Waals surface area contributed by atoms with E-state index in [9.17, 15) is 0 Å². The lowest BCUT2D eigenvalue weighted by atomic mass is 10.1. The quantitative estimate of drug-likeness (QED) is 0.706. The molecule has 3 nitrogen and oxygen atoms in total. The van der Waals surface area contributed by atoms with Crippen molar-refractivity contribution >= 4 is 0 Å². The van der Waals surface area contributed by atoms with Crippen molar-refractivity contribution in [3.63, 3.8) is 0 Å². The zero-order chi connectivity index (χ0) is 9.42. The molecule has 72 valence electrons. The molecule has 0 saturated carbocycles. The minimum Gasteiger partial charge on any atom is -0.330 e. The first-order valence-corrected chi connectivity index (χ1v) is 4.96. The molecule has 1 aliphatic rings. The molecule has 1 N–H and O–H groups in total. The van der Waals surface area contributed by atoms with E-state index in [-0.39, 0.29) is 0 Å². The first kappa shape index (κ1) is 8.75. The van der Waals surface area contributed by atoms with Gasteiger partial charge in [0.05, 0.1) is 12.2 Å². The fourth-order valence-corrected chi connectivity index (χ4v) is 1.98. The highest BCUT2D eigenvalue weighted by atomic mass is 15.2. The first-order chi connectivity index (χ1) is 6.20. The van der Waals surface area contributed by atoms with Gasteiger partial charge in [-0.2, -0.15) is 0 Å².